The molecule has 2 N–H and O–H groups in total. The minimum Gasteiger partial charge on any atom is -0.477 e. The molecule has 0 atom stereocenters. The highest BCUT2D eigenvalue weighted by Crippen LogP contribution is 2.37. The summed E-state index contributed by atoms with van der Waals surface area (Å²) in [5, 5.41) is 36.5. The van der Waals surface area contributed by atoms with Gasteiger partial charge in [0.25, 0.3) is 0 Å². The van der Waals surface area contributed by atoms with Gasteiger partial charge < -0.3 is 15.1 Å². The van der Waals surface area contributed by atoms with Crippen molar-refractivity contribution in [1.29, 1.82) is 10.5 Å². The molecule has 0 spiro atoms. The number of aliphatic carboxylic acids is 2. The number of hydrogen-bond donors (Lipinski definition) is 2. The molecule has 9 heteroatoms. The van der Waals surface area contributed by atoms with Gasteiger partial charge in [0.1, 0.15) is 23.3 Å². The Morgan fingerprint density at radius 3 is 1.20 bits per heavy atom. The van der Waals surface area contributed by atoms with Crippen LogP contribution in [0.3, 0.4) is 0 Å². The van der Waals surface area contributed by atoms with E-state index in [4.69, 9.17) is 20.7 Å². The fraction of sp³-hybridized carbons (Fsp3) is 0.0385. The molecular formula is C52H37N3O4S2. The zero-order valence-corrected chi connectivity index (χ0v) is 34.7. The minimum atomic E-state index is -1.24. The Balaban J connectivity index is 1.04. The molecule has 0 aliphatic rings. The number of rotatable bonds is 13. The van der Waals surface area contributed by atoms with E-state index in [0.29, 0.717) is 9.75 Å². The second-order valence-corrected chi connectivity index (χ2v) is 16.3. The molecule has 0 aliphatic heterocycles. The Bertz CT molecular complexity index is 2760. The Morgan fingerprint density at radius 2 is 0.852 bits per heavy atom. The van der Waals surface area contributed by atoms with Gasteiger partial charge in [-0.05, 0) is 131 Å². The van der Waals surface area contributed by atoms with Crippen molar-refractivity contribution < 1.29 is 19.8 Å². The fourth-order valence-corrected chi connectivity index (χ4v) is 8.34. The van der Waals surface area contributed by atoms with Crippen LogP contribution in [0.4, 0.5) is 17.1 Å². The number of carboxylic acids is 2. The number of benzene rings is 5. The SMILES string of the molecule is Cc1ccc(N(c2ccc(/C=C/c3ccc(-c4ccc(/C=C(/C#N)C(=O)O)s4)cc3)cc2)c2ccc(/C=C/c3ccc(-c4ccc(/C=C(\C#N)C(=O)O)s4)cc3)cc2)cc1C. The number of carbonyl (C=O) groups is 2. The Labute approximate surface area is 362 Å². The number of nitriles is 2. The maximum absolute atomic E-state index is 11.2. The number of nitrogens with zero attached hydrogens (tertiary/aromatic N) is 3. The summed E-state index contributed by atoms with van der Waals surface area (Å²) >= 11 is 2.87. The van der Waals surface area contributed by atoms with Gasteiger partial charge in [-0.15, -0.1) is 22.7 Å². The number of carboxylic acid groups (broad SMARTS) is 2. The number of thiophene rings is 2. The first-order chi connectivity index (χ1) is 29.6. The molecule has 0 aliphatic carbocycles. The smallest absolute Gasteiger partial charge is 0.346 e. The van der Waals surface area contributed by atoms with Crippen LogP contribution >= 0.6 is 22.7 Å². The van der Waals surface area contributed by atoms with Gasteiger partial charge >= 0.3 is 11.9 Å². The second-order valence-electron chi connectivity index (χ2n) is 14.1. The molecule has 5 aromatic carbocycles. The summed E-state index contributed by atoms with van der Waals surface area (Å²) in [5.74, 6) is -2.47. The van der Waals surface area contributed by atoms with Crippen LogP contribution in [0.5, 0.6) is 0 Å². The van der Waals surface area contributed by atoms with E-state index in [9.17, 15) is 9.59 Å². The van der Waals surface area contributed by atoms with E-state index < -0.39 is 11.9 Å². The van der Waals surface area contributed by atoms with Crippen molar-refractivity contribution in [3.63, 3.8) is 0 Å². The first-order valence-electron chi connectivity index (χ1n) is 19.1. The van der Waals surface area contributed by atoms with Crippen LogP contribution < -0.4 is 4.90 Å². The van der Waals surface area contributed by atoms with Crippen LogP contribution in [0.1, 0.15) is 43.1 Å². The van der Waals surface area contributed by atoms with Crippen LogP contribution in [0.15, 0.2) is 151 Å². The van der Waals surface area contributed by atoms with Crippen molar-refractivity contribution in [2.45, 2.75) is 13.8 Å². The van der Waals surface area contributed by atoms with Crippen LogP contribution in [-0.2, 0) is 9.59 Å². The maximum Gasteiger partial charge on any atom is 0.346 e. The lowest BCUT2D eigenvalue weighted by Crippen LogP contribution is -2.10. The molecular weight excluding hydrogens is 795 g/mol. The van der Waals surface area contributed by atoms with Crippen molar-refractivity contribution in [2.24, 2.45) is 0 Å². The van der Waals surface area contributed by atoms with Gasteiger partial charge in [-0.25, -0.2) is 9.59 Å². The van der Waals surface area contributed by atoms with Crippen molar-refractivity contribution in [1.82, 2.24) is 0 Å². The molecule has 7 nitrogen and oxygen atoms in total. The highest BCUT2D eigenvalue weighted by atomic mass is 32.1. The molecule has 0 saturated heterocycles. The van der Waals surface area contributed by atoms with Crippen LogP contribution in [0.25, 0.3) is 57.3 Å². The first kappa shape index (κ1) is 41.3. The summed E-state index contributed by atoms with van der Waals surface area (Å²) in [6.45, 7) is 4.25. The normalized spacial score (nSPS) is 11.7. The van der Waals surface area contributed by atoms with Crippen molar-refractivity contribution in [3.8, 4) is 33.0 Å². The Hall–Kier alpha value is -7.82. The largest absolute Gasteiger partial charge is 0.477 e. The summed E-state index contributed by atoms with van der Waals surface area (Å²) in [6, 6.07) is 50.8. The van der Waals surface area contributed by atoms with Gasteiger partial charge in [0.05, 0.1) is 0 Å². The molecule has 0 saturated carbocycles. The lowest BCUT2D eigenvalue weighted by Gasteiger charge is -2.26. The average Bonchev–Trinajstić information content (AvgIpc) is 3.96. The van der Waals surface area contributed by atoms with Crippen molar-refractivity contribution in [2.75, 3.05) is 4.90 Å². The average molecular weight is 832 g/mol. The molecule has 296 valence electrons. The summed E-state index contributed by atoms with van der Waals surface area (Å²) in [4.78, 5) is 28.1. The van der Waals surface area contributed by atoms with E-state index in [2.05, 4.69) is 110 Å². The highest BCUT2D eigenvalue weighted by molar-refractivity contribution is 7.16. The van der Waals surface area contributed by atoms with Crippen LogP contribution in [0.2, 0.25) is 0 Å². The number of aryl methyl sites for hydroxylation is 2. The van der Waals surface area contributed by atoms with Crippen LogP contribution in [-0.4, -0.2) is 22.2 Å². The topological polar surface area (TPSA) is 125 Å². The molecule has 2 heterocycles. The Morgan fingerprint density at radius 1 is 0.492 bits per heavy atom. The molecule has 2 aromatic heterocycles. The fourth-order valence-electron chi connectivity index (χ4n) is 6.42. The number of hydrogen-bond acceptors (Lipinski definition) is 7. The molecule has 0 unspecified atom stereocenters. The quantitative estimate of drug-likeness (QED) is 0.0673. The van der Waals surface area contributed by atoms with Crippen molar-refractivity contribution in [3.05, 3.63) is 194 Å². The van der Waals surface area contributed by atoms with Crippen LogP contribution in [0, 0.1) is 36.5 Å². The summed E-state index contributed by atoms with van der Waals surface area (Å²) in [5.41, 5.74) is 11.2. The molecule has 0 bridgehead atoms. The highest BCUT2D eigenvalue weighted by Gasteiger charge is 2.14. The van der Waals surface area contributed by atoms with E-state index >= 15 is 0 Å². The van der Waals surface area contributed by atoms with Gasteiger partial charge in [-0.3, -0.25) is 0 Å². The monoisotopic (exact) mass is 831 g/mol. The van der Waals surface area contributed by atoms with E-state index in [0.717, 1.165) is 60.2 Å². The van der Waals surface area contributed by atoms with E-state index in [1.807, 2.05) is 72.8 Å². The lowest BCUT2D eigenvalue weighted by atomic mass is 10.1. The van der Waals surface area contributed by atoms with E-state index in [-0.39, 0.29) is 11.1 Å². The van der Waals surface area contributed by atoms with E-state index in [1.54, 1.807) is 12.1 Å². The molecule has 61 heavy (non-hydrogen) atoms. The summed E-state index contributed by atoms with van der Waals surface area (Å²) in [6.07, 6.45) is 11.1. The molecule has 0 radical (unpaired) electrons. The standard InChI is InChI=1S/C52H37N3O4S2/c1-34-3-20-46(29-35(34)2)55(44-21-12-38(13-22-44)6-4-36-8-16-40(17-9-36)49-27-25-47(60-49)30-42(32-53)51(56)57)45-23-14-39(15-24-45)7-5-37-10-18-41(19-11-37)50-28-26-48(61-50)31-43(33-54)52(58)59/h3-31H,1-2H3,(H,56,57)(H,58,59)/b6-4+,7-5+,42-30-,43-31+. The zero-order valence-electron chi connectivity index (χ0n) is 33.1. The van der Waals surface area contributed by atoms with Crippen molar-refractivity contribution >= 4 is 88.1 Å². The van der Waals surface area contributed by atoms with Gasteiger partial charge in [-0.2, -0.15) is 10.5 Å². The predicted molar refractivity (Wildman–Crippen MR) is 250 cm³/mol. The molecule has 7 aromatic rings. The summed E-state index contributed by atoms with van der Waals surface area (Å²) < 4.78 is 0. The maximum atomic E-state index is 11.2. The van der Waals surface area contributed by atoms with Gasteiger partial charge in [0.15, 0.2) is 0 Å². The second kappa shape index (κ2) is 18.8. The molecule has 0 amide bonds. The van der Waals surface area contributed by atoms with Gasteiger partial charge in [0, 0.05) is 36.6 Å². The number of anilines is 3. The predicted octanol–water partition coefficient (Wildman–Crippen LogP) is 13.6. The third kappa shape index (κ3) is 10.3. The van der Waals surface area contributed by atoms with Gasteiger partial charge in [-0.1, -0.05) is 103 Å². The zero-order chi connectivity index (χ0) is 42.9. The lowest BCUT2D eigenvalue weighted by molar-refractivity contribution is -0.133. The molecule has 0 fully saturated rings. The third-order valence-electron chi connectivity index (χ3n) is 9.91. The molecule has 7 rings (SSSR count). The van der Waals surface area contributed by atoms with E-state index in [1.165, 1.54) is 46.0 Å². The first-order valence-corrected chi connectivity index (χ1v) is 20.7. The Kier molecular flexibility index (Phi) is 12.8. The minimum absolute atomic E-state index is 0.291. The summed E-state index contributed by atoms with van der Waals surface area (Å²) in [7, 11) is 0. The van der Waals surface area contributed by atoms with Gasteiger partial charge in [0.2, 0.25) is 0 Å². The third-order valence-corrected chi connectivity index (χ3v) is 12.1.